The number of amides is 1. The maximum Gasteiger partial charge on any atom is 0.226 e. The molecule has 0 unspecified atom stereocenters. The van der Waals surface area contributed by atoms with Crippen molar-refractivity contribution >= 4 is 17.2 Å². The average Bonchev–Trinajstić information content (AvgIpc) is 3.45. The second-order valence-corrected chi connectivity index (χ2v) is 9.80. The number of methoxy groups -OCH3 is 1. The van der Waals surface area contributed by atoms with Crippen molar-refractivity contribution < 1.29 is 13.9 Å². The third kappa shape index (κ3) is 5.34. The molecule has 176 valence electrons. The summed E-state index contributed by atoms with van der Waals surface area (Å²) in [7, 11) is 1.62. The molecule has 0 aliphatic carbocycles. The van der Waals surface area contributed by atoms with Gasteiger partial charge in [-0.3, -0.25) is 9.48 Å². The highest BCUT2D eigenvalue weighted by Gasteiger charge is 2.24. The molecule has 0 atom stereocenters. The highest BCUT2D eigenvalue weighted by Crippen LogP contribution is 2.36. The van der Waals surface area contributed by atoms with Gasteiger partial charge in [0.05, 0.1) is 42.2 Å². The zero-order valence-corrected chi connectivity index (χ0v) is 20.4. The van der Waals surface area contributed by atoms with Crippen LogP contribution in [0.15, 0.2) is 60.1 Å². The van der Waals surface area contributed by atoms with Crippen LogP contribution in [0.5, 0.6) is 5.75 Å². The molecule has 8 heteroatoms. The van der Waals surface area contributed by atoms with Crippen LogP contribution < -0.4 is 10.1 Å². The molecule has 0 aliphatic rings. The first-order chi connectivity index (χ1) is 16.2. The second-order valence-electron chi connectivity index (χ2n) is 8.95. The summed E-state index contributed by atoms with van der Waals surface area (Å²) >= 11 is 1.46. The van der Waals surface area contributed by atoms with E-state index >= 15 is 0 Å². The molecule has 1 N–H and O–H groups in total. The van der Waals surface area contributed by atoms with Crippen LogP contribution in [0, 0.1) is 5.82 Å². The van der Waals surface area contributed by atoms with Crippen LogP contribution in [0.4, 0.5) is 4.39 Å². The van der Waals surface area contributed by atoms with Gasteiger partial charge in [-0.05, 0) is 62.7 Å². The lowest BCUT2D eigenvalue weighted by atomic mass is 10.0. The van der Waals surface area contributed by atoms with Crippen LogP contribution in [0.3, 0.4) is 0 Å². The fraction of sp³-hybridized carbons (Fsp3) is 0.269. The molecule has 0 radical (unpaired) electrons. The quantitative estimate of drug-likeness (QED) is 0.384. The maximum absolute atomic E-state index is 13.5. The Morgan fingerprint density at radius 1 is 1.18 bits per heavy atom. The van der Waals surface area contributed by atoms with E-state index in [9.17, 15) is 9.18 Å². The van der Waals surface area contributed by atoms with Crippen LogP contribution in [0.25, 0.3) is 21.8 Å². The Hall–Kier alpha value is -3.52. The minimum Gasteiger partial charge on any atom is -0.497 e. The summed E-state index contributed by atoms with van der Waals surface area (Å²) in [5, 5.41) is 10.2. The predicted molar refractivity (Wildman–Crippen MR) is 132 cm³/mol. The molecular formula is C26H27FN4O2S. The van der Waals surface area contributed by atoms with Crippen molar-refractivity contribution in [2.24, 2.45) is 0 Å². The van der Waals surface area contributed by atoms with Gasteiger partial charge >= 0.3 is 0 Å². The number of halogens is 1. The minimum absolute atomic E-state index is 0.108. The number of hydrogen-bond acceptors (Lipinski definition) is 5. The summed E-state index contributed by atoms with van der Waals surface area (Å²) in [6, 6.07) is 14.0. The highest BCUT2D eigenvalue weighted by atomic mass is 32.1. The smallest absolute Gasteiger partial charge is 0.226 e. The SMILES string of the molecule is COc1cccc(CNC(=O)Cc2csc(-c3cnn(C(C)(C)C)c3-c3ccc(F)cc3)n2)c1. The zero-order valence-electron chi connectivity index (χ0n) is 19.6. The summed E-state index contributed by atoms with van der Waals surface area (Å²) in [5.74, 6) is 0.357. The lowest BCUT2D eigenvalue weighted by molar-refractivity contribution is -0.120. The number of ether oxygens (including phenoxy) is 1. The van der Waals surface area contributed by atoms with Crippen LogP contribution in [-0.4, -0.2) is 27.8 Å². The Balaban J connectivity index is 1.53. The van der Waals surface area contributed by atoms with E-state index in [1.165, 1.54) is 23.5 Å². The summed E-state index contributed by atoms with van der Waals surface area (Å²) in [5.41, 5.74) is 3.96. The van der Waals surface area contributed by atoms with Crippen molar-refractivity contribution in [3.63, 3.8) is 0 Å². The van der Waals surface area contributed by atoms with Gasteiger partial charge in [0.15, 0.2) is 0 Å². The molecule has 0 fully saturated rings. The van der Waals surface area contributed by atoms with Gasteiger partial charge in [0, 0.05) is 17.5 Å². The second kappa shape index (κ2) is 9.77. The molecule has 2 aromatic carbocycles. The lowest BCUT2D eigenvalue weighted by Gasteiger charge is -2.23. The number of rotatable bonds is 7. The summed E-state index contributed by atoms with van der Waals surface area (Å²) < 4.78 is 20.7. The van der Waals surface area contributed by atoms with Crippen molar-refractivity contribution in [3.8, 4) is 27.6 Å². The maximum atomic E-state index is 13.5. The Labute approximate surface area is 202 Å². The van der Waals surface area contributed by atoms with E-state index in [2.05, 4.69) is 31.2 Å². The van der Waals surface area contributed by atoms with Crippen molar-refractivity contribution in [1.82, 2.24) is 20.1 Å². The van der Waals surface area contributed by atoms with Gasteiger partial charge in [0.2, 0.25) is 5.91 Å². The number of carbonyl (C=O) groups excluding carboxylic acids is 1. The van der Waals surface area contributed by atoms with Gasteiger partial charge in [0.1, 0.15) is 16.6 Å². The molecule has 34 heavy (non-hydrogen) atoms. The molecule has 4 rings (SSSR count). The Kier molecular flexibility index (Phi) is 6.79. The van der Waals surface area contributed by atoms with Crippen molar-refractivity contribution in [1.29, 1.82) is 0 Å². The molecule has 0 saturated heterocycles. The first kappa shape index (κ1) is 23.6. The van der Waals surface area contributed by atoms with Crippen LogP contribution in [0.1, 0.15) is 32.0 Å². The zero-order chi connectivity index (χ0) is 24.3. The van der Waals surface area contributed by atoms with Gasteiger partial charge < -0.3 is 10.1 Å². The van der Waals surface area contributed by atoms with E-state index in [4.69, 9.17) is 9.72 Å². The van der Waals surface area contributed by atoms with Crippen LogP contribution >= 0.6 is 11.3 Å². The number of nitrogens with zero attached hydrogens (tertiary/aromatic N) is 3. The molecule has 1 amide bonds. The number of nitrogens with one attached hydrogen (secondary N) is 1. The average molecular weight is 479 g/mol. The Morgan fingerprint density at radius 2 is 1.94 bits per heavy atom. The minimum atomic E-state index is -0.288. The van der Waals surface area contributed by atoms with Crippen molar-refractivity contribution in [3.05, 3.63) is 77.2 Å². The molecule has 0 spiro atoms. The number of aromatic nitrogens is 3. The number of benzene rings is 2. The van der Waals surface area contributed by atoms with Gasteiger partial charge in [-0.2, -0.15) is 5.10 Å². The highest BCUT2D eigenvalue weighted by molar-refractivity contribution is 7.13. The van der Waals surface area contributed by atoms with Crippen LogP contribution in [0.2, 0.25) is 0 Å². The van der Waals surface area contributed by atoms with E-state index in [1.807, 2.05) is 34.3 Å². The molecule has 0 aliphatic heterocycles. The fourth-order valence-corrected chi connectivity index (χ4v) is 4.45. The van der Waals surface area contributed by atoms with Gasteiger partial charge in [-0.1, -0.05) is 12.1 Å². The largest absolute Gasteiger partial charge is 0.497 e. The van der Waals surface area contributed by atoms with E-state index in [1.54, 1.807) is 25.4 Å². The van der Waals surface area contributed by atoms with E-state index in [0.29, 0.717) is 12.2 Å². The van der Waals surface area contributed by atoms with E-state index < -0.39 is 0 Å². The number of hydrogen-bond donors (Lipinski definition) is 1. The number of thiazole rings is 1. The van der Waals surface area contributed by atoms with E-state index in [-0.39, 0.29) is 23.7 Å². The van der Waals surface area contributed by atoms with E-state index in [0.717, 1.165) is 33.1 Å². The third-order valence-corrected chi connectivity index (χ3v) is 6.19. The lowest BCUT2D eigenvalue weighted by Crippen LogP contribution is -2.24. The monoisotopic (exact) mass is 478 g/mol. The Bertz CT molecular complexity index is 1290. The van der Waals surface area contributed by atoms with Crippen molar-refractivity contribution in [2.45, 2.75) is 39.3 Å². The van der Waals surface area contributed by atoms with Gasteiger partial charge in [0.25, 0.3) is 0 Å². The van der Waals surface area contributed by atoms with Gasteiger partial charge in [-0.15, -0.1) is 11.3 Å². The third-order valence-electron chi connectivity index (χ3n) is 5.27. The van der Waals surface area contributed by atoms with Crippen molar-refractivity contribution in [2.75, 3.05) is 7.11 Å². The molecule has 2 aromatic heterocycles. The number of carbonyl (C=O) groups is 1. The Morgan fingerprint density at radius 3 is 2.65 bits per heavy atom. The first-order valence-electron chi connectivity index (χ1n) is 10.9. The molecule has 0 saturated carbocycles. The van der Waals surface area contributed by atoms with Gasteiger partial charge in [-0.25, -0.2) is 9.37 Å². The fourth-order valence-electron chi connectivity index (χ4n) is 3.62. The predicted octanol–water partition coefficient (Wildman–Crippen LogP) is 5.44. The standard InChI is InChI=1S/C26H27FN4O2S/c1-26(2,3)31-24(18-8-10-19(27)11-9-18)22(15-29-31)25-30-20(16-34-25)13-23(32)28-14-17-6-5-7-21(12-17)33-4/h5-12,15-16H,13-14H2,1-4H3,(H,28,32). The molecule has 4 aromatic rings. The molecule has 2 heterocycles. The topological polar surface area (TPSA) is 69.0 Å². The molecule has 6 nitrogen and oxygen atoms in total. The summed E-state index contributed by atoms with van der Waals surface area (Å²) in [6.07, 6.45) is 1.97. The summed E-state index contributed by atoms with van der Waals surface area (Å²) in [6.45, 7) is 6.62. The normalized spacial score (nSPS) is 11.4. The molecular weight excluding hydrogens is 451 g/mol. The first-order valence-corrected chi connectivity index (χ1v) is 11.8. The van der Waals surface area contributed by atoms with Crippen LogP contribution in [-0.2, 0) is 23.3 Å². The molecule has 0 bridgehead atoms. The summed E-state index contributed by atoms with van der Waals surface area (Å²) in [4.78, 5) is 17.2.